The van der Waals surface area contributed by atoms with E-state index in [1.54, 1.807) is 0 Å². The molecule has 0 fully saturated rings. The number of sulfonamides is 2. The SMILES string of the molecule is O=S(=O)(N(c1ccccc1)S(=O)(=O)C(F)(F)F)N(c1ccccc1)S(=O)(=O)C(F)(F)F. The van der Waals surface area contributed by atoms with E-state index in [-0.39, 0.29) is 0 Å². The molecule has 0 saturated carbocycles. The summed E-state index contributed by atoms with van der Waals surface area (Å²) in [6.07, 6.45) is 0. The molecule has 0 unspecified atom stereocenters. The van der Waals surface area contributed by atoms with Crippen molar-refractivity contribution in [1.29, 1.82) is 0 Å². The maximum atomic E-state index is 13.2. The molecule has 172 valence electrons. The lowest BCUT2D eigenvalue weighted by atomic mass is 10.3. The lowest BCUT2D eigenvalue weighted by molar-refractivity contribution is -0.0437. The zero-order chi connectivity index (χ0) is 23.9. The van der Waals surface area contributed by atoms with Gasteiger partial charge in [0.1, 0.15) is 0 Å². The van der Waals surface area contributed by atoms with Gasteiger partial charge < -0.3 is 0 Å². The van der Waals surface area contributed by atoms with Gasteiger partial charge >= 0.3 is 41.3 Å². The Balaban J connectivity index is 2.97. The van der Waals surface area contributed by atoms with E-state index < -0.39 is 60.1 Å². The number of alkyl halides is 6. The van der Waals surface area contributed by atoms with Crippen LogP contribution in [0.25, 0.3) is 0 Å². The lowest BCUT2D eigenvalue weighted by Gasteiger charge is -2.31. The fraction of sp³-hybridized carbons (Fsp3) is 0.143. The molecule has 2 aromatic carbocycles. The smallest absolute Gasteiger partial charge is 0.196 e. The predicted octanol–water partition coefficient (Wildman–Crippen LogP) is 2.94. The van der Waals surface area contributed by atoms with Gasteiger partial charge in [0.05, 0.1) is 11.4 Å². The van der Waals surface area contributed by atoms with Crippen molar-refractivity contribution in [3.8, 4) is 0 Å². The minimum absolute atomic E-state index is 0.518. The number of nitrogens with zero attached hydrogens (tertiary/aromatic N) is 2. The average Bonchev–Trinajstić information content (AvgIpc) is 2.60. The third kappa shape index (κ3) is 4.42. The summed E-state index contributed by atoms with van der Waals surface area (Å²) in [6.45, 7) is 0. The van der Waals surface area contributed by atoms with E-state index in [2.05, 4.69) is 0 Å². The Hall–Kier alpha value is -2.53. The van der Waals surface area contributed by atoms with E-state index in [4.69, 9.17) is 0 Å². The van der Waals surface area contributed by atoms with E-state index in [9.17, 15) is 51.6 Å². The molecule has 0 aliphatic heterocycles. The highest BCUT2D eigenvalue weighted by Gasteiger charge is 2.61. The third-order valence-electron chi connectivity index (χ3n) is 3.37. The largest absolute Gasteiger partial charge is 0.517 e. The summed E-state index contributed by atoms with van der Waals surface area (Å²) < 4.78 is 150. The zero-order valence-corrected chi connectivity index (χ0v) is 17.1. The molecule has 0 atom stereocenters. The maximum Gasteiger partial charge on any atom is 0.517 e. The van der Waals surface area contributed by atoms with E-state index in [1.807, 2.05) is 0 Å². The van der Waals surface area contributed by atoms with Crippen molar-refractivity contribution in [2.75, 3.05) is 7.42 Å². The zero-order valence-electron chi connectivity index (χ0n) is 14.6. The molecule has 0 aliphatic rings. The standard InChI is InChI=1S/C14H10F6N2O6S3/c15-13(16,17)29(23,24)21(11-7-3-1-4-8-11)31(27,28)22(12-9-5-2-6-10-12)30(25,26)14(18,19)20/h1-10H. The van der Waals surface area contributed by atoms with Crippen LogP contribution < -0.4 is 7.42 Å². The molecule has 0 saturated heterocycles. The number of benzene rings is 2. The lowest BCUT2D eigenvalue weighted by Crippen LogP contribution is -2.55. The number of anilines is 2. The van der Waals surface area contributed by atoms with Crippen LogP contribution in [0.2, 0.25) is 0 Å². The molecule has 17 heteroatoms. The Morgan fingerprint density at radius 1 is 0.516 bits per heavy atom. The monoisotopic (exact) mass is 512 g/mol. The van der Waals surface area contributed by atoms with Crippen molar-refractivity contribution in [3.05, 3.63) is 60.7 Å². The molecule has 0 aromatic heterocycles. The topological polar surface area (TPSA) is 109 Å². The molecule has 0 heterocycles. The minimum atomic E-state index is -6.94. The van der Waals surface area contributed by atoms with Crippen molar-refractivity contribution >= 4 is 41.6 Å². The maximum absolute atomic E-state index is 13.2. The van der Waals surface area contributed by atoms with Crippen LogP contribution in [0.3, 0.4) is 0 Å². The molecule has 0 radical (unpaired) electrons. The number of rotatable bonds is 6. The third-order valence-corrected chi connectivity index (χ3v) is 9.41. The van der Waals surface area contributed by atoms with Gasteiger partial charge in [0.15, 0.2) is 0 Å². The second-order valence-corrected chi connectivity index (χ2v) is 11.1. The van der Waals surface area contributed by atoms with E-state index in [0.717, 1.165) is 36.4 Å². The second kappa shape index (κ2) is 7.86. The Bertz CT molecular complexity index is 1150. The fourth-order valence-electron chi connectivity index (χ4n) is 2.15. The molecular formula is C14H10F6N2O6S3. The molecule has 0 bridgehead atoms. The van der Waals surface area contributed by atoms with Crippen LogP contribution in [-0.2, 0) is 30.3 Å². The number of halogens is 6. The van der Waals surface area contributed by atoms with Crippen molar-refractivity contribution < 1.29 is 51.6 Å². The van der Waals surface area contributed by atoms with Crippen LogP contribution >= 0.6 is 0 Å². The minimum Gasteiger partial charge on any atom is -0.196 e. The van der Waals surface area contributed by atoms with Crippen molar-refractivity contribution in [3.63, 3.8) is 0 Å². The summed E-state index contributed by atoms with van der Waals surface area (Å²) in [7, 11) is -20.5. The molecule has 0 spiro atoms. The first-order chi connectivity index (χ1) is 14.0. The Morgan fingerprint density at radius 2 is 0.774 bits per heavy atom. The van der Waals surface area contributed by atoms with Gasteiger partial charge in [0, 0.05) is 0 Å². The normalized spacial score (nSPS) is 13.6. The Labute approximate surface area is 172 Å². The average molecular weight is 512 g/mol. The molecular weight excluding hydrogens is 502 g/mol. The molecule has 31 heavy (non-hydrogen) atoms. The Kier molecular flexibility index (Phi) is 6.28. The van der Waals surface area contributed by atoms with Crippen molar-refractivity contribution in [1.82, 2.24) is 0 Å². The van der Waals surface area contributed by atoms with Gasteiger partial charge in [0.2, 0.25) is 0 Å². The Morgan fingerprint density at radius 3 is 1.00 bits per heavy atom. The highest BCUT2D eigenvalue weighted by atomic mass is 32.3. The van der Waals surface area contributed by atoms with Crippen LogP contribution in [0.5, 0.6) is 0 Å². The van der Waals surface area contributed by atoms with Crippen LogP contribution in [0.4, 0.5) is 37.7 Å². The molecule has 8 nitrogen and oxygen atoms in total. The van der Waals surface area contributed by atoms with Gasteiger partial charge in [-0.15, -0.1) is 7.42 Å². The number of hydrogen-bond donors (Lipinski definition) is 0. The summed E-state index contributed by atoms with van der Waals surface area (Å²) in [6, 6.07) is 7.88. The summed E-state index contributed by atoms with van der Waals surface area (Å²) >= 11 is 0. The molecule has 2 rings (SSSR count). The predicted molar refractivity (Wildman–Crippen MR) is 96.7 cm³/mol. The van der Waals surface area contributed by atoms with Gasteiger partial charge in [-0.05, 0) is 24.3 Å². The van der Waals surface area contributed by atoms with Crippen LogP contribution in [-0.4, -0.2) is 36.3 Å². The van der Waals surface area contributed by atoms with Crippen molar-refractivity contribution in [2.24, 2.45) is 0 Å². The highest BCUT2D eigenvalue weighted by Crippen LogP contribution is 2.39. The summed E-state index contributed by atoms with van der Waals surface area (Å²) in [4.78, 5) is 0. The first-order valence-corrected chi connectivity index (χ1v) is 11.8. The van der Waals surface area contributed by atoms with Gasteiger partial charge in [-0.1, -0.05) is 36.4 Å². The molecule has 2 aromatic rings. The molecule has 0 aliphatic carbocycles. The van der Waals surface area contributed by atoms with Gasteiger partial charge in [-0.2, -0.15) is 51.6 Å². The summed E-state index contributed by atoms with van der Waals surface area (Å²) in [5.41, 5.74) is -15.2. The number of hydrogen-bond acceptors (Lipinski definition) is 6. The van der Waals surface area contributed by atoms with E-state index in [1.165, 1.54) is 0 Å². The molecule has 0 amide bonds. The van der Waals surface area contributed by atoms with E-state index in [0.29, 0.717) is 24.3 Å². The van der Waals surface area contributed by atoms with Crippen LogP contribution in [0.15, 0.2) is 60.7 Å². The van der Waals surface area contributed by atoms with E-state index >= 15 is 0 Å². The number of para-hydroxylation sites is 2. The van der Waals surface area contributed by atoms with Gasteiger partial charge in [-0.25, -0.2) is 0 Å². The second-order valence-electron chi connectivity index (χ2n) is 5.47. The van der Waals surface area contributed by atoms with Gasteiger partial charge in [-0.3, -0.25) is 0 Å². The van der Waals surface area contributed by atoms with Crippen molar-refractivity contribution in [2.45, 2.75) is 11.0 Å². The first-order valence-electron chi connectivity index (χ1n) is 7.54. The first kappa shape index (κ1) is 24.7. The highest BCUT2D eigenvalue weighted by molar-refractivity contribution is 8.18. The van der Waals surface area contributed by atoms with Gasteiger partial charge in [0.25, 0.3) is 0 Å². The molecule has 0 N–H and O–H groups in total. The summed E-state index contributed by atoms with van der Waals surface area (Å²) in [5, 5.41) is 0. The fourth-order valence-corrected chi connectivity index (χ4v) is 7.25. The van der Waals surface area contributed by atoms with Crippen LogP contribution in [0.1, 0.15) is 0 Å². The van der Waals surface area contributed by atoms with Crippen LogP contribution in [0, 0.1) is 0 Å². The summed E-state index contributed by atoms with van der Waals surface area (Å²) in [5.74, 6) is 0. The quantitative estimate of drug-likeness (QED) is 0.551.